The molecule has 1 heterocycles. The SMILES string of the molecule is COCCNC(=O)C(C)NC(=O)c1ccc2cn[nH]c2c1. The van der Waals surface area contributed by atoms with E-state index >= 15 is 0 Å². The first-order chi connectivity index (χ1) is 10.1. The Balaban J connectivity index is 1.95. The van der Waals surface area contributed by atoms with Crippen LogP contribution in [0.2, 0.25) is 0 Å². The van der Waals surface area contributed by atoms with Crippen molar-refractivity contribution in [2.75, 3.05) is 20.3 Å². The molecule has 2 rings (SSSR count). The molecule has 2 amide bonds. The molecular weight excluding hydrogens is 272 g/mol. The van der Waals surface area contributed by atoms with Crippen molar-refractivity contribution in [2.45, 2.75) is 13.0 Å². The number of amides is 2. The molecule has 7 nitrogen and oxygen atoms in total. The fourth-order valence-electron chi connectivity index (χ4n) is 1.85. The van der Waals surface area contributed by atoms with Crippen LogP contribution < -0.4 is 10.6 Å². The summed E-state index contributed by atoms with van der Waals surface area (Å²) >= 11 is 0. The van der Waals surface area contributed by atoms with Crippen molar-refractivity contribution in [3.63, 3.8) is 0 Å². The van der Waals surface area contributed by atoms with E-state index in [1.807, 2.05) is 0 Å². The van der Waals surface area contributed by atoms with Crippen LogP contribution in [0.25, 0.3) is 10.9 Å². The minimum atomic E-state index is -0.619. The second-order valence-electron chi connectivity index (χ2n) is 4.65. The van der Waals surface area contributed by atoms with E-state index in [-0.39, 0.29) is 11.8 Å². The quantitative estimate of drug-likeness (QED) is 0.673. The maximum absolute atomic E-state index is 12.1. The van der Waals surface area contributed by atoms with Crippen molar-refractivity contribution in [3.05, 3.63) is 30.0 Å². The number of nitrogens with zero attached hydrogens (tertiary/aromatic N) is 1. The normalized spacial score (nSPS) is 12.1. The number of aromatic nitrogens is 2. The predicted molar refractivity (Wildman–Crippen MR) is 77.9 cm³/mol. The van der Waals surface area contributed by atoms with Gasteiger partial charge in [-0.2, -0.15) is 5.10 Å². The Morgan fingerprint density at radius 3 is 3.00 bits per heavy atom. The van der Waals surface area contributed by atoms with Gasteiger partial charge in [0.05, 0.1) is 18.3 Å². The lowest BCUT2D eigenvalue weighted by atomic mass is 10.1. The number of nitrogens with one attached hydrogen (secondary N) is 3. The molecule has 1 aromatic heterocycles. The largest absolute Gasteiger partial charge is 0.383 e. The third-order valence-electron chi connectivity index (χ3n) is 3.05. The molecule has 1 aromatic carbocycles. The van der Waals surface area contributed by atoms with Crippen molar-refractivity contribution in [1.82, 2.24) is 20.8 Å². The molecule has 2 aromatic rings. The summed E-state index contributed by atoms with van der Waals surface area (Å²) in [4.78, 5) is 23.9. The minimum absolute atomic E-state index is 0.247. The van der Waals surface area contributed by atoms with Gasteiger partial charge in [0.2, 0.25) is 5.91 Å². The van der Waals surface area contributed by atoms with Gasteiger partial charge in [0.1, 0.15) is 6.04 Å². The highest BCUT2D eigenvalue weighted by atomic mass is 16.5. The number of fused-ring (bicyclic) bond motifs is 1. The summed E-state index contributed by atoms with van der Waals surface area (Å²) in [5.74, 6) is -0.552. The molecule has 0 aliphatic carbocycles. The van der Waals surface area contributed by atoms with Gasteiger partial charge < -0.3 is 15.4 Å². The van der Waals surface area contributed by atoms with Gasteiger partial charge in [-0.05, 0) is 19.1 Å². The van der Waals surface area contributed by atoms with Crippen LogP contribution in [0, 0.1) is 0 Å². The highest BCUT2D eigenvalue weighted by molar-refractivity contribution is 5.99. The zero-order chi connectivity index (χ0) is 15.2. The molecule has 1 atom stereocenters. The summed E-state index contributed by atoms with van der Waals surface area (Å²) in [7, 11) is 1.56. The number of benzene rings is 1. The highest BCUT2D eigenvalue weighted by Crippen LogP contribution is 2.12. The smallest absolute Gasteiger partial charge is 0.251 e. The molecule has 112 valence electrons. The number of ether oxygens (including phenoxy) is 1. The number of hydrogen-bond acceptors (Lipinski definition) is 4. The number of carbonyl (C=O) groups is 2. The first kappa shape index (κ1) is 15.0. The molecule has 0 aliphatic rings. The molecule has 21 heavy (non-hydrogen) atoms. The van der Waals surface area contributed by atoms with E-state index < -0.39 is 6.04 Å². The van der Waals surface area contributed by atoms with Crippen LogP contribution in [0.15, 0.2) is 24.4 Å². The van der Waals surface area contributed by atoms with Gasteiger partial charge in [0.15, 0.2) is 0 Å². The molecule has 3 N–H and O–H groups in total. The lowest BCUT2D eigenvalue weighted by Gasteiger charge is -2.14. The molecular formula is C14H18N4O3. The van der Waals surface area contributed by atoms with Gasteiger partial charge >= 0.3 is 0 Å². The first-order valence-electron chi connectivity index (χ1n) is 6.62. The zero-order valence-corrected chi connectivity index (χ0v) is 12.0. The number of hydrogen-bond donors (Lipinski definition) is 3. The van der Waals surface area contributed by atoms with E-state index in [4.69, 9.17) is 4.74 Å². The maximum atomic E-state index is 12.1. The number of methoxy groups -OCH3 is 1. The van der Waals surface area contributed by atoms with Crippen LogP contribution in [-0.4, -0.2) is 48.3 Å². The molecule has 0 saturated heterocycles. The van der Waals surface area contributed by atoms with Crippen LogP contribution in [0.4, 0.5) is 0 Å². The summed E-state index contributed by atoms with van der Waals surface area (Å²) in [5.41, 5.74) is 1.25. The van der Waals surface area contributed by atoms with E-state index in [1.165, 1.54) is 0 Å². The Morgan fingerprint density at radius 2 is 2.24 bits per heavy atom. The third kappa shape index (κ3) is 3.79. The highest BCUT2D eigenvalue weighted by Gasteiger charge is 2.16. The maximum Gasteiger partial charge on any atom is 0.251 e. The molecule has 7 heteroatoms. The second kappa shape index (κ2) is 6.85. The van der Waals surface area contributed by atoms with E-state index in [2.05, 4.69) is 20.8 Å². The molecule has 0 aliphatic heterocycles. The van der Waals surface area contributed by atoms with Crippen molar-refractivity contribution in [3.8, 4) is 0 Å². The van der Waals surface area contributed by atoms with Crippen LogP contribution in [0.1, 0.15) is 17.3 Å². The Morgan fingerprint density at radius 1 is 1.43 bits per heavy atom. The Kier molecular flexibility index (Phi) is 4.89. The summed E-state index contributed by atoms with van der Waals surface area (Å²) in [5, 5.41) is 13.0. The second-order valence-corrected chi connectivity index (χ2v) is 4.65. The average Bonchev–Trinajstić information content (AvgIpc) is 2.94. The summed E-state index contributed by atoms with van der Waals surface area (Å²) in [6, 6.07) is 4.58. The van der Waals surface area contributed by atoms with Crippen molar-refractivity contribution in [2.24, 2.45) is 0 Å². The molecule has 0 fully saturated rings. The van der Waals surface area contributed by atoms with Gasteiger partial charge in [-0.25, -0.2) is 0 Å². The number of H-pyrrole nitrogens is 1. The fraction of sp³-hybridized carbons (Fsp3) is 0.357. The molecule has 0 bridgehead atoms. The lowest BCUT2D eigenvalue weighted by molar-refractivity contribution is -0.122. The van der Waals surface area contributed by atoms with Crippen LogP contribution >= 0.6 is 0 Å². The molecule has 0 saturated carbocycles. The van der Waals surface area contributed by atoms with Crippen molar-refractivity contribution in [1.29, 1.82) is 0 Å². The lowest BCUT2D eigenvalue weighted by Crippen LogP contribution is -2.45. The van der Waals surface area contributed by atoms with Gasteiger partial charge in [0.25, 0.3) is 5.91 Å². The summed E-state index contributed by atoms with van der Waals surface area (Å²) in [6.45, 7) is 2.48. The topological polar surface area (TPSA) is 96.1 Å². The monoisotopic (exact) mass is 290 g/mol. The van der Waals surface area contributed by atoms with E-state index in [9.17, 15) is 9.59 Å². The van der Waals surface area contributed by atoms with E-state index in [0.29, 0.717) is 18.7 Å². The Labute approximate surface area is 122 Å². The third-order valence-corrected chi connectivity index (χ3v) is 3.05. The zero-order valence-electron chi connectivity index (χ0n) is 12.0. The first-order valence-corrected chi connectivity index (χ1v) is 6.62. The van der Waals surface area contributed by atoms with E-state index in [0.717, 1.165) is 10.9 Å². The van der Waals surface area contributed by atoms with Crippen molar-refractivity contribution < 1.29 is 14.3 Å². The van der Waals surface area contributed by atoms with Gasteiger partial charge in [-0.3, -0.25) is 14.7 Å². The molecule has 0 spiro atoms. The standard InChI is InChI=1S/C14H18N4O3/c1-9(13(19)15-5-6-21-2)17-14(20)10-3-4-11-8-16-18-12(11)7-10/h3-4,7-9H,5-6H2,1-2H3,(H,15,19)(H,16,18)(H,17,20). The van der Waals surface area contributed by atoms with E-state index in [1.54, 1.807) is 38.4 Å². The Hall–Kier alpha value is -2.41. The van der Waals surface area contributed by atoms with Gasteiger partial charge in [0, 0.05) is 24.6 Å². The molecule has 1 unspecified atom stereocenters. The van der Waals surface area contributed by atoms with Gasteiger partial charge in [-0.1, -0.05) is 6.07 Å². The number of rotatable bonds is 6. The fourth-order valence-corrected chi connectivity index (χ4v) is 1.85. The van der Waals surface area contributed by atoms with Crippen molar-refractivity contribution >= 4 is 22.7 Å². The van der Waals surface area contributed by atoms with Gasteiger partial charge in [-0.15, -0.1) is 0 Å². The number of carbonyl (C=O) groups excluding carboxylic acids is 2. The van der Waals surface area contributed by atoms with Crippen LogP contribution in [-0.2, 0) is 9.53 Å². The number of aromatic amines is 1. The van der Waals surface area contributed by atoms with Crippen LogP contribution in [0.3, 0.4) is 0 Å². The minimum Gasteiger partial charge on any atom is -0.383 e. The Bertz CT molecular complexity index is 638. The predicted octanol–water partition coefficient (Wildman–Crippen LogP) is 0.444. The summed E-state index contributed by atoms with van der Waals surface area (Å²) < 4.78 is 4.84. The summed E-state index contributed by atoms with van der Waals surface area (Å²) in [6.07, 6.45) is 1.68. The van der Waals surface area contributed by atoms with Crippen LogP contribution in [0.5, 0.6) is 0 Å². The average molecular weight is 290 g/mol. The molecule has 0 radical (unpaired) electrons.